The molecule has 0 bridgehead atoms. The minimum atomic E-state index is -0.555. The molecule has 0 unspecified atom stereocenters. The number of hydrogen-bond acceptors (Lipinski definition) is 0. The lowest BCUT2D eigenvalue weighted by atomic mass is 9.69. The van der Waals surface area contributed by atoms with E-state index in [1.54, 1.807) is 22.3 Å². The Morgan fingerprint density at radius 3 is 0.805 bits per heavy atom. The third kappa shape index (κ3) is 11.7. The minimum Gasteiger partial charge on any atom is -0.0654 e. The summed E-state index contributed by atoms with van der Waals surface area (Å²) in [5, 5.41) is 5.44. The van der Waals surface area contributed by atoms with E-state index in [0.29, 0.717) is 0 Å². The van der Waals surface area contributed by atoms with Crippen molar-refractivity contribution in [3.63, 3.8) is 0 Å². The van der Waals surface area contributed by atoms with Crippen LogP contribution in [0.1, 0.15) is 327 Å². The Bertz CT molecular complexity index is 6050. The molecule has 596 valence electrons. The quantitative estimate of drug-likeness (QED) is 0.0394. The van der Waals surface area contributed by atoms with Gasteiger partial charge in [0.25, 0.3) is 0 Å². The van der Waals surface area contributed by atoms with Gasteiger partial charge in [0.05, 0.1) is 5.41 Å². The fourth-order valence-electron chi connectivity index (χ4n) is 25.4. The van der Waals surface area contributed by atoms with Crippen molar-refractivity contribution in [1.29, 1.82) is 0 Å². The summed E-state index contributed by atoms with van der Waals surface area (Å²) in [6.07, 6.45) is 36.5. The molecule has 0 amide bonds. The van der Waals surface area contributed by atoms with Crippen molar-refractivity contribution in [2.24, 2.45) is 0 Å². The standard InChI is InChI=1S/C118H124/c1-11-15-19-23-27-43-63-116(64-44-28-24-20-16-12-2)97-55-39-35-49-81(97)85-61-59-77(67-105(85)116)89-69-109-111(87-53-33-31-47-79(87)89)95-75-102-91(71-103(95)114(109,7)8)92-74-107-93(72-101(92)113(102,5)6)94-73-104-96(76-108(94)118(107)99-57-41-37-51-83(99)84-52-38-42-58-100(84)118)112-88-54-34-32-48-80(88)90(70-110(112)115(104,9)10)78-60-62-86-82-50-36-40-56-98(82)117(106(86)68-78,65-45-29-25-21-17-13-3)66-46-30-26-22-18-14-4/h31-42,47-62,67-76H,11-30,43-46,63-66H2,1-10H3. The third-order valence-corrected chi connectivity index (χ3v) is 31.5. The summed E-state index contributed by atoms with van der Waals surface area (Å²) in [6, 6.07) is 94.5. The van der Waals surface area contributed by atoms with Gasteiger partial charge >= 0.3 is 0 Å². The molecule has 0 nitrogen and oxygen atoms in total. The first-order chi connectivity index (χ1) is 57.6. The molecule has 20 rings (SSSR count). The highest BCUT2D eigenvalue weighted by Gasteiger charge is 2.56. The summed E-state index contributed by atoms with van der Waals surface area (Å²) in [5.41, 5.74) is 44.4. The maximum atomic E-state index is 2.75. The molecule has 0 aliphatic heterocycles. The first kappa shape index (κ1) is 77.0. The van der Waals surface area contributed by atoms with Gasteiger partial charge in [0.2, 0.25) is 0 Å². The number of unbranched alkanes of at least 4 members (excludes halogenated alkanes) is 20. The van der Waals surface area contributed by atoms with Gasteiger partial charge in [-0.05, 0) is 286 Å². The molecule has 118 heavy (non-hydrogen) atoms. The van der Waals surface area contributed by atoms with E-state index in [-0.39, 0.29) is 27.1 Å². The largest absolute Gasteiger partial charge is 0.0725 e. The van der Waals surface area contributed by atoms with E-state index >= 15 is 0 Å². The van der Waals surface area contributed by atoms with E-state index < -0.39 is 5.41 Å². The van der Waals surface area contributed by atoms with Gasteiger partial charge in [0.1, 0.15) is 0 Å². The molecular formula is C118H124. The fraction of sp³-hybridized carbons (Fsp3) is 0.373. The third-order valence-electron chi connectivity index (χ3n) is 31.5. The van der Waals surface area contributed by atoms with Gasteiger partial charge in [-0.2, -0.15) is 0 Å². The molecular weight excluding hydrogens is 1420 g/mol. The van der Waals surface area contributed by atoms with Crippen molar-refractivity contribution >= 4 is 21.5 Å². The number of fused-ring (bicyclic) bond motifs is 29. The molecule has 0 atom stereocenters. The van der Waals surface area contributed by atoms with E-state index in [9.17, 15) is 0 Å². The molecule has 0 radical (unpaired) electrons. The predicted octanol–water partition coefficient (Wildman–Crippen LogP) is 34.1. The van der Waals surface area contributed by atoms with Gasteiger partial charge in [-0.1, -0.05) is 393 Å². The summed E-state index contributed by atoms with van der Waals surface area (Å²) in [7, 11) is 0. The van der Waals surface area contributed by atoms with E-state index in [2.05, 4.69) is 300 Å². The first-order valence-corrected chi connectivity index (χ1v) is 47.1. The Labute approximate surface area is 706 Å². The topological polar surface area (TPSA) is 0 Å². The van der Waals surface area contributed by atoms with Gasteiger partial charge in [0.15, 0.2) is 0 Å². The second kappa shape index (κ2) is 30.3. The molecule has 0 saturated heterocycles. The van der Waals surface area contributed by atoms with Crippen LogP contribution in [0.4, 0.5) is 0 Å². The van der Waals surface area contributed by atoms with Crippen molar-refractivity contribution < 1.29 is 0 Å². The van der Waals surface area contributed by atoms with Crippen LogP contribution in [0, 0.1) is 0 Å². The summed E-state index contributed by atoms with van der Waals surface area (Å²) < 4.78 is 0. The van der Waals surface area contributed by atoms with E-state index in [1.807, 2.05) is 0 Å². The molecule has 7 aliphatic carbocycles. The van der Waals surface area contributed by atoms with Crippen molar-refractivity contribution in [2.45, 2.75) is 282 Å². The number of hydrogen-bond donors (Lipinski definition) is 0. The zero-order chi connectivity index (χ0) is 80.5. The smallest absolute Gasteiger partial charge is 0.0654 e. The zero-order valence-corrected chi connectivity index (χ0v) is 72.7. The Morgan fingerprint density at radius 1 is 0.178 bits per heavy atom. The predicted molar refractivity (Wildman–Crippen MR) is 506 cm³/mol. The molecule has 7 aliphatic rings. The molecule has 0 saturated carbocycles. The minimum absolute atomic E-state index is 0.000948. The highest BCUT2D eigenvalue weighted by atomic mass is 14.6. The summed E-state index contributed by atoms with van der Waals surface area (Å²) in [6.45, 7) is 24.7. The van der Waals surface area contributed by atoms with Gasteiger partial charge in [-0.15, -0.1) is 0 Å². The van der Waals surface area contributed by atoms with Crippen LogP contribution in [0.25, 0.3) is 122 Å². The molecule has 13 aromatic carbocycles. The Morgan fingerprint density at radius 2 is 0.432 bits per heavy atom. The van der Waals surface area contributed by atoms with E-state index in [1.165, 1.54) is 357 Å². The number of benzene rings is 13. The summed E-state index contributed by atoms with van der Waals surface area (Å²) in [5.74, 6) is 0. The van der Waals surface area contributed by atoms with Gasteiger partial charge in [0, 0.05) is 27.1 Å². The van der Waals surface area contributed by atoms with E-state index in [4.69, 9.17) is 0 Å². The Balaban J connectivity index is 0.705. The van der Waals surface area contributed by atoms with Crippen LogP contribution in [-0.2, 0) is 32.5 Å². The average molecular weight is 1540 g/mol. The van der Waals surface area contributed by atoms with Crippen LogP contribution >= 0.6 is 0 Å². The second-order valence-electron chi connectivity index (χ2n) is 39.2. The highest BCUT2D eigenvalue weighted by molar-refractivity contribution is 6.13. The van der Waals surface area contributed by atoms with Crippen molar-refractivity contribution in [2.75, 3.05) is 0 Å². The zero-order valence-electron chi connectivity index (χ0n) is 72.7. The lowest BCUT2D eigenvalue weighted by molar-refractivity contribution is 0.398. The van der Waals surface area contributed by atoms with Crippen molar-refractivity contribution in [3.8, 4) is 100 Å². The molecule has 0 N–H and O–H groups in total. The first-order valence-electron chi connectivity index (χ1n) is 47.1. The van der Waals surface area contributed by atoms with Crippen molar-refractivity contribution in [3.05, 3.63) is 308 Å². The normalized spacial score (nSPS) is 16.1. The van der Waals surface area contributed by atoms with Crippen LogP contribution < -0.4 is 0 Å². The molecule has 0 aromatic heterocycles. The van der Waals surface area contributed by atoms with Gasteiger partial charge < -0.3 is 0 Å². The van der Waals surface area contributed by atoms with Crippen LogP contribution in [0.15, 0.2) is 231 Å². The van der Waals surface area contributed by atoms with Gasteiger partial charge in [-0.3, -0.25) is 0 Å². The van der Waals surface area contributed by atoms with E-state index in [0.717, 1.165) is 0 Å². The maximum Gasteiger partial charge on any atom is 0.0725 e. The molecule has 0 fully saturated rings. The average Bonchev–Trinajstić information content (AvgIpc) is 1.49. The van der Waals surface area contributed by atoms with Crippen molar-refractivity contribution in [1.82, 2.24) is 0 Å². The van der Waals surface area contributed by atoms with Gasteiger partial charge in [-0.25, -0.2) is 0 Å². The van der Waals surface area contributed by atoms with Crippen LogP contribution in [0.3, 0.4) is 0 Å². The highest BCUT2D eigenvalue weighted by Crippen LogP contribution is 2.69. The molecule has 13 aromatic rings. The van der Waals surface area contributed by atoms with Crippen LogP contribution in [0.5, 0.6) is 0 Å². The Kier molecular flexibility index (Phi) is 19.8. The lowest BCUT2D eigenvalue weighted by Gasteiger charge is -2.33. The van der Waals surface area contributed by atoms with Crippen LogP contribution in [0.2, 0.25) is 0 Å². The lowest BCUT2D eigenvalue weighted by Crippen LogP contribution is -2.26. The summed E-state index contributed by atoms with van der Waals surface area (Å²) in [4.78, 5) is 0. The monoisotopic (exact) mass is 1540 g/mol. The second-order valence-corrected chi connectivity index (χ2v) is 39.2. The van der Waals surface area contributed by atoms with Crippen LogP contribution in [-0.4, -0.2) is 0 Å². The Hall–Kier alpha value is -9.62. The summed E-state index contributed by atoms with van der Waals surface area (Å²) >= 11 is 0. The maximum absolute atomic E-state index is 2.75. The fourth-order valence-corrected chi connectivity index (χ4v) is 25.4. The SMILES string of the molecule is CCCCCCCCC1(CCCCCCCC)c2ccccc2-c2ccc(-c3cc4c(c5ccccc35)-c3cc5c(cc3C4(C)C)-c3cc4c(cc3C5(C)C)-c3cc5c(cc3C43c4ccccc4-c4ccccc43)-c3c(cc(-c4ccc6c(c4)C(CCCCCCCC)(CCCCCCCC)c4ccccc4-6)c4ccccc34)C5(C)C)cc21. The number of rotatable bonds is 30. The molecule has 0 heterocycles. The molecule has 0 heteroatoms. The molecule has 1 spiro atoms.